The molecule has 0 fully saturated rings. The van der Waals surface area contributed by atoms with Gasteiger partial charge in [0, 0.05) is 35.9 Å². The van der Waals surface area contributed by atoms with Crippen molar-refractivity contribution < 1.29 is 28.2 Å². The zero-order valence-corrected chi connectivity index (χ0v) is 24.0. The number of benzene rings is 3. The fourth-order valence-electron chi connectivity index (χ4n) is 4.39. The van der Waals surface area contributed by atoms with Crippen molar-refractivity contribution in [1.82, 2.24) is 15.2 Å². The zero-order valence-electron chi connectivity index (χ0n) is 24.0. The molecule has 0 radical (unpaired) electrons. The summed E-state index contributed by atoms with van der Waals surface area (Å²) in [5, 5.41) is 5.32. The summed E-state index contributed by atoms with van der Waals surface area (Å²) >= 11 is 0. The number of imide groups is 1. The number of anilines is 1. The summed E-state index contributed by atoms with van der Waals surface area (Å²) in [6, 6.07) is 17.4. The van der Waals surface area contributed by atoms with Crippen LogP contribution in [-0.2, 0) is 11.2 Å². The van der Waals surface area contributed by atoms with Crippen molar-refractivity contribution in [3.63, 3.8) is 0 Å². The number of nitrogens with zero attached hydrogens (tertiary/aromatic N) is 2. The number of carbonyl (C=O) groups is 2. The molecule has 0 saturated carbocycles. The van der Waals surface area contributed by atoms with Gasteiger partial charge in [0.2, 0.25) is 5.91 Å². The van der Waals surface area contributed by atoms with E-state index < -0.39 is 17.8 Å². The van der Waals surface area contributed by atoms with Crippen molar-refractivity contribution >= 4 is 28.5 Å². The third-order valence-electron chi connectivity index (χ3n) is 6.63. The first kappa shape index (κ1) is 30.3. The molecule has 0 unspecified atom stereocenters. The second-order valence-corrected chi connectivity index (χ2v) is 9.47. The number of hydrogen-bond acceptors (Lipinski definition) is 7. The number of nitrogens with one attached hydrogen (secondary N) is 2. The lowest BCUT2D eigenvalue weighted by molar-refractivity contribution is -0.119. The minimum Gasteiger partial charge on any atom is -0.493 e. The predicted octanol–water partition coefficient (Wildman–Crippen LogP) is 6.18. The molecule has 42 heavy (non-hydrogen) atoms. The normalized spacial score (nSPS) is 10.9. The Kier molecular flexibility index (Phi) is 10.7. The van der Waals surface area contributed by atoms with E-state index in [4.69, 9.17) is 14.2 Å². The molecule has 4 aromatic rings. The maximum Gasteiger partial charge on any atom is 0.325 e. The van der Waals surface area contributed by atoms with Crippen LogP contribution >= 0.6 is 0 Å². The highest BCUT2D eigenvalue weighted by Gasteiger charge is 2.15. The van der Waals surface area contributed by atoms with Crippen LogP contribution in [0.25, 0.3) is 10.9 Å². The Morgan fingerprint density at radius 2 is 1.71 bits per heavy atom. The molecule has 0 aliphatic carbocycles. The number of aromatic nitrogens is 1. The number of halogens is 1. The number of pyridine rings is 1. The van der Waals surface area contributed by atoms with Crippen LogP contribution in [0.1, 0.15) is 25.8 Å². The lowest BCUT2D eigenvalue weighted by Gasteiger charge is -2.18. The van der Waals surface area contributed by atoms with Gasteiger partial charge in [0.05, 0.1) is 25.7 Å². The highest BCUT2D eigenvalue weighted by molar-refractivity contribution is 6.01. The van der Waals surface area contributed by atoms with Crippen molar-refractivity contribution in [2.45, 2.75) is 26.7 Å². The zero-order chi connectivity index (χ0) is 29.9. The van der Waals surface area contributed by atoms with Crippen LogP contribution in [0, 0.1) is 5.82 Å². The van der Waals surface area contributed by atoms with Gasteiger partial charge in [0.15, 0.2) is 23.1 Å². The van der Waals surface area contributed by atoms with Gasteiger partial charge in [-0.25, -0.2) is 9.18 Å². The molecule has 3 amide bonds. The Bertz CT molecular complexity index is 1510. The molecule has 1 aromatic heterocycles. The number of rotatable bonds is 13. The van der Waals surface area contributed by atoms with E-state index >= 15 is 0 Å². The largest absolute Gasteiger partial charge is 0.493 e. The molecule has 1 heterocycles. The SMILES string of the molecule is CCN(CC)CCCOc1cc2nccc(Oc3ccc(NC(=O)NC(=O)Cc4ccccc4)cc3F)c2cc1OC. The first-order chi connectivity index (χ1) is 20.4. The predicted molar refractivity (Wildman–Crippen MR) is 160 cm³/mol. The fraction of sp³-hybridized carbons (Fsp3) is 0.281. The number of ether oxygens (including phenoxy) is 3. The molecule has 3 aromatic carbocycles. The smallest absolute Gasteiger partial charge is 0.325 e. The van der Waals surface area contributed by atoms with Crippen LogP contribution in [0.4, 0.5) is 14.9 Å². The number of fused-ring (bicyclic) bond motifs is 1. The van der Waals surface area contributed by atoms with E-state index in [0.717, 1.165) is 37.7 Å². The third kappa shape index (κ3) is 8.17. The second-order valence-electron chi connectivity index (χ2n) is 9.47. The van der Waals surface area contributed by atoms with Crippen molar-refractivity contribution in [1.29, 1.82) is 0 Å². The Morgan fingerprint density at radius 1 is 0.929 bits per heavy atom. The van der Waals surface area contributed by atoms with Crippen molar-refractivity contribution in [3.05, 3.63) is 84.3 Å². The molecule has 0 bridgehead atoms. The molecule has 0 aliphatic rings. The van der Waals surface area contributed by atoms with Crippen molar-refractivity contribution in [2.75, 3.05) is 38.7 Å². The van der Waals surface area contributed by atoms with Crippen LogP contribution in [0.15, 0.2) is 72.9 Å². The van der Waals surface area contributed by atoms with Gasteiger partial charge in [-0.1, -0.05) is 44.2 Å². The molecule has 220 valence electrons. The van der Waals surface area contributed by atoms with Gasteiger partial charge in [-0.05, 0) is 49.3 Å². The number of carbonyl (C=O) groups excluding carboxylic acids is 2. The monoisotopic (exact) mass is 574 g/mol. The first-order valence-electron chi connectivity index (χ1n) is 13.8. The Balaban J connectivity index is 1.41. The summed E-state index contributed by atoms with van der Waals surface area (Å²) in [5.74, 6) is 0.215. The Morgan fingerprint density at radius 3 is 2.43 bits per heavy atom. The molecule has 0 spiro atoms. The number of amides is 3. The average Bonchev–Trinajstić information content (AvgIpc) is 2.98. The molecule has 9 nitrogen and oxygen atoms in total. The van der Waals surface area contributed by atoms with Crippen LogP contribution in [0.3, 0.4) is 0 Å². The molecule has 0 atom stereocenters. The first-order valence-corrected chi connectivity index (χ1v) is 13.8. The van der Waals surface area contributed by atoms with E-state index in [-0.39, 0.29) is 17.9 Å². The van der Waals surface area contributed by atoms with Crippen LogP contribution in [0.2, 0.25) is 0 Å². The Hall–Kier alpha value is -4.70. The van der Waals surface area contributed by atoms with Gasteiger partial charge in [0.1, 0.15) is 5.75 Å². The number of hydrogen-bond donors (Lipinski definition) is 2. The lowest BCUT2D eigenvalue weighted by Crippen LogP contribution is -2.35. The highest BCUT2D eigenvalue weighted by Crippen LogP contribution is 2.37. The van der Waals surface area contributed by atoms with Gasteiger partial charge >= 0.3 is 6.03 Å². The molecule has 2 N–H and O–H groups in total. The van der Waals surface area contributed by atoms with E-state index in [1.807, 2.05) is 18.2 Å². The number of methoxy groups -OCH3 is 1. The summed E-state index contributed by atoms with van der Waals surface area (Å²) in [6.07, 6.45) is 2.48. The fourth-order valence-corrected chi connectivity index (χ4v) is 4.39. The van der Waals surface area contributed by atoms with Gasteiger partial charge in [-0.3, -0.25) is 15.1 Å². The molecular weight excluding hydrogens is 539 g/mol. The topological polar surface area (TPSA) is 102 Å². The van der Waals surface area contributed by atoms with E-state index in [1.165, 1.54) is 12.1 Å². The van der Waals surface area contributed by atoms with Crippen molar-refractivity contribution in [2.24, 2.45) is 0 Å². The minimum atomic E-state index is -0.762. The summed E-state index contributed by atoms with van der Waals surface area (Å²) < 4.78 is 32.5. The average molecular weight is 575 g/mol. The summed E-state index contributed by atoms with van der Waals surface area (Å²) in [4.78, 5) is 31.1. The van der Waals surface area contributed by atoms with E-state index in [9.17, 15) is 14.0 Å². The van der Waals surface area contributed by atoms with Gasteiger partial charge in [0.25, 0.3) is 0 Å². The van der Waals surface area contributed by atoms with Crippen LogP contribution < -0.4 is 24.8 Å². The second kappa shape index (κ2) is 14.8. The highest BCUT2D eigenvalue weighted by atomic mass is 19.1. The van der Waals surface area contributed by atoms with Crippen molar-refractivity contribution in [3.8, 4) is 23.0 Å². The van der Waals surface area contributed by atoms with E-state index in [1.54, 1.807) is 43.6 Å². The lowest BCUT2D eigenvalue weighted by atomic mass is 10.1. The van der Waals surface area contributed by atoms with Crippen LogP contribution in [-0.4, -0.2) is 55.2 Å². The molecule has 4 rings (SSSR count). The molecule has 0 aliphatic heterocycles. The van der Waals surface area contributed by atoms with Gasteiger partial charge in [-0.2, -0.15) is 0 Å². The van der Waals surface area contributed by atoms with E-state index in [2.05, 4.69) is 34.4 Å². The Labute approximate surface area is 244 Å². The maximum atomic E-state index is 15.0. The molecular formula is C32H35FN4O5. The minimum absolute atomic E-state index is 0.0460. The van der Waals surface area contributed by atoms with E-state index in [0.29, 0.717) is 34.8 Å². The standard InChI is InChI=1S/C32H35FN4O5/c1-4-37(5-2)16-9-17-41-30-21-26-24(20-29(30)40-3)27(14-15-34-26)42-28-13-12-23(19-25(28)33)35-32(39)36-31(38)18-22-10-7-6-8-11-22/h6-8,10-15,19-21H,4-5,9,16-18H2,1-3H3,(H2,35,36,38,39). The van der Waals surface area contributed by atoms with Gasteiger partial charge < -0.3 is 24.4 Å². The maximum absolute atomic E-state index is 15.0. The molecule has 10 heteroatoms. The van der Waals surface area contributed by atoms with Gasteiger partial charge in [-0.15, -0.1) is 0 Å². The molecule has 0 saturated heterocycles. The third-order valence-corrected chi connectivity index (χ3v) is 6.63. The number of urea groups is 1. The summed E-state index contributed by atoms with van der Waals surface area (Å²) in [7, 11) is 1.55. The summed E-state index contributed by atoms with van der Waals surface area (Å²) in [6.45, 7) is 7.73. The quantitative estimate of drug-likeness (QED) is 0.184. The van der Waals surface area contributed by atoms with Crippen LogP contribution in [0.5, 0.6) is 23.0 Å². The summed E-state index contributed by atoms with van der Waals surface area (Å²) in [5.41, 5.74) is 1.53.